The number of hydrogen-bond acceptors (Lipinski definition) is 8. The SMILES string of the molecule is COc1ccc(C(=O)C(C)OC(=O)CCCC(=O)Nc2ccc(C(=O)OCC(=O)c3ccccc3)cc2)cc1. The van der Waals surface area contributed by atoms with Gasteiger partial charge in [-0.15, -0.1) is 0 Å². The van der Waals surface area contributed by atoms with Crippen molar-refractivity contribution in [2.24, 2.45) is 0 Å². The number of esters is 2. The monoisotopic (exact) mass is 531 g/mol. The molecule has 1 amide bonds. The summed E-state index contributed by atoms with van der Waals surface area (Å²) in [7, 11) is 1.52. The summed E-state index contributed by atoms with van der Waals surface area (Å²) in [5.41, 5.74) is 1.54. The molecule has 0 saturated carbocycles. The van der Waals surface area contributed by atoms with Crippen LogP contribution in [0.25, 0.3) is 0 Å². The lowest BCUT2D eigenvalue weighted by Crippen LogP contribution is -2.24. The Bertz CT molecular complexity index is 1300. The van der Waals surface area contributed by atoms with Crippen molar-refractivity contribution < 1.29 is 38.2 Å². The van der Waals surface area contributed by atoms with Crippen LogP contribution in [0.5, 0.6) is 5.75 Å². The van der Waals surface area contributed by atoms with E-state index in [2.05, 4.69) is 5.32 Å². The summed E-state index contributed by atoms with van der Waals surface area (Å²) in [6.07, 6.45) is -0.698. The van der Waals surface area contributed by atoms with Crippen molar-refractivity contribution in [2.45, 2.75) is 32.3 Å². The molecule has 3 aromatic carbocycles. The molecule has 0 aliphatic rings. The number of Topliss-reactive ketones (excluding diaryl/α,β-unsaturated/α-hetero) is 2. The third-order valence-electron chi connectivity index (χ3n) is 5.67. The van der Waals surface area contributed by atoms with Crippen LogP contribution in [0.15, 0.2) is 78.9 Å². The molecule has 0 saturated heterocycles. The molecule has 0 heterocycles. The number of rotatable bonds is 13. The topological polar surface area (TPSA) is 125 Å². The molecule has 0 aliphatic carbocycles. The molecule has 39 heavy (non-hydrogen) atoms. The summed E-state index contributed by atoms with van der Waals surface area (Å²) in [5, 5.41) is 2.68. The Balaban J connectivity index is 1.36. The van der Waals surface area contributed by atoms with Gasteiger partial charge in [-0.3, -0.25) is 19.2 Å². The van der Waals surface area contributed by atoms with E-state index >= 15 is 0 Å². The number of nitrogens with one attached hydrogen (secondary N) is 1. The Morgan fingerprint density at radius 2 is 1.41 bits per heavy atom. The van der Waals surface area contributed by atoms with E-state index in [1.54, 1.807) is 54.6 Å². The van der Waals surface area contributed by atoms with Crippen molar-refractivity contribution in [3.8, 4) is 5.75 Å². The smallest absolute Gasteiger partial charge is 0.338 e. The molecule has 0 spiro atoms. The first-order chi connectivity index (χ1) is 18.8. The van der Waals surface area contributed by atoms with Crippen LogP contribution < -0.4 is 10.1 Å². The van der Waals surface area contributed by atoms with Crippen LogP contribution >= 0.6 is 0 Å². The molecule has 1 atom stereocenters. The maximum Gasteiger partial charge on any atom is 0.338 e. The number of carbonyl (C=O) groups excluding carboxylic acids is 5. The van der Waals surface area contributed by atoms with Gasteiger partial charge in [0.25, 0.3) is 0 Å². The Morgan fingerprint density at radius 1 is 0.769 bits per heavy atom. The van der Waals surface area contributed by atoms with Gasteiger partial charge in [-0.25, -0.2) is 4.79 Å². The Morgan fingerprint density at radius 3 is 2.05 bits per heavy atom. The van der Waals surface area contributed by atoms with Crippen LogP contribution in [0.1, 0.15) is 57.3 Å². The predicted molar refractivity (Wildman–Crippen MR) is 143 cm³/mol. The highest BCUT2D eigenvalue weighted by molar-refractivity contribution is 6.00. The first-order valence-electron chi connectivity index (χ1n) is 12.3. The highest BCUT2D eigenvalue weighted by Crippen LogP contribution is 2.15. The third-order valence-corrected chi connectivity index (χ3v) is 5.67. The van der Waals surface area contributed by atoms with Gasteiger partial charge in [0, 0.05) is 29.7 Å². The summed E-state index contributed by atoms with van der Waals surface area (Å²) < 4.78 is 15.3. The maximum atomic E-state index is 12.4. The van der Waals surface area contributed by atoms with Crippen LogP contribution in [0.4, 0.5) is 5.69 Å². The van der Waals surface area contributed by atoms with Gasteiger partial charge in [-0.1, -0.05) is 30.3 Å². The molecule has 0 radical (unpaired) electrons. The summed E-state index contributed by atoms with van der Waals surface area (Å²) in [6.45, 7) is 1.12. The van der Waals surface area contributed by atoms with Crippen molar-refractivity contribution in [3.63, 3.8) is 0 Å². The molecule has 0 aliphatic heterocycles. The van der Waals surface area contributed by atoms with E-state index in [9.17, 15) is 24.0 Å². The number of ether oxygens (including phenoxy) is 3. The van der Waals surface area contributed by atoms with Crippen LogP contribution in [0.3, 0.4) is 0 Å². The predicted octanol–water partition coefficient (Wildman–Crippen LogP) is 4.66. The van der Waals surface area contributed by atoms with Crippen molar-refractivity contribution in [3.05, 3.63) is 95.6 Å². The fourth-order valence-corrected chi connectivity index (χ4v) is 3.53. The molecule has 3 aromatic rings. The van der Waals surface area contributed by atoms with E-state index in [1.807, 2.05) is 0 Å². The van der Waals surface area contributed by atoms with Gasteiger partial charge >= 0.3 is 11.9 Å². The van der Waals surface area contributed by atoms with E-state index < -0.39 is 18.0 Å². The quantitative estimate of drug-likeness (QED) is 0.249. The molecule has 3 rings (SSSR count). The van der Waals surface area contributed by atoms with Gasteiger partial charge in [0.1, 0.15) is 5.75 Å². The van der Waals surface area contributed by atoms with Gasteiger partial charge in [0.2, 0.25) is 11.7 Å². The van der Waals surface area contributed by atoms with Crippen LogP contribution in [-0.4, -0.2) is 49.2 Å². The molecule has 0 fully saturated rings. The minimum absolute atomic E-state index is 0.0276. The summed E-state index contributed by atoms with van der Waals surface area (Å²) in [4.78, 5) is 61.1. The number of ketones is 2. The lowest BCUT2D eigenvalue weighted by molar-refractivity contribution is -0.146. The number of anilines is 1. The molecule has 202 valence electrons. The van der Waals surface area contributed by atoms with Crippen molar-refractivity contribution in [1.82, 2.24) is 0 Å². The van der Waals surface area contributed by atoms with Crippen LogP contribution in [0.2, 0.25) is 0 Å². The molecule has 1 N–H and O–H groups in total. The molecule has 9 heteroatoms. The molecule has 9 nitrogen and oxygen atoms in total. The molecule has 1 unspecified atom stereocenters. The largest absolute Gasteiger partial charge is 0.497 e. The third kappa shape index (κ3) is 8.92. The lowest BCUT2D eigenvalue weighted by Gasteiger charge is -2.12. The standard InChI is InChI=1S/C30H29NO8/c1-20(29(35)22-13-17-25(37-2)18-14-22)39-28(34)10-6-9-27(33)31-24-15-11-23(12-16-24)30(36)38-19-26(32)21-7-4-3-5-8-21/h3-5,7-8,11-18,20H,6,9-10,19H2,1-2H3,(H,31,33). The average Bonchev–Trinajstić information content (AvgIpc) is 2.96. The average molecular weight is 532 g/mol. The summed E-state index contributed by atoms with van der Waals surface area (Å²) >= 11 is 0. The minimum atomic E-state index is -0.957. The van der Waals surface area contributed by atoms with E-state index in [0.717, 1.165) is 0 Å². The second-order valence-electron chi connectivity index (χ2n) is 8.57. The van der Waals surface area contributed by atoms with Gasteiger partial charge in [-0.05, 0) is 61.9 Å². The molecule has 0 bridgehead atoms. The van der Waals surface area contributed by atoms with Crippen molar-refractivity contribution in [2.75, 3.05) is 19.0 Å². The highest BCUT2D eigenvalue weighted by Gasteiger charge is 2.20. The van der Waals surface area contributed by atoms with Crippen LogP contribution in [-0.2, 0) is 19.1 Å². The second kappa shape index (κ2) is 14.2. The molecule has 0 aromatic heterocycles. The fourth-order valence-electron chi connectivity index (χ4n) is 3.53. The Kier molecular flexibility index (Phi) is 10.5. The zero-order valence-electron chi connectivity index (χ0n) is 21.7. The maximum absolute atomic E-state index is 12.4. The second-order valence-corrected chi connectivity index (χ2v) is 8.57. The first kappa shape index (κ1) is 28.8. The number of hydrogen-bond donors (Lipinski definition) is 1. The number of benzene rings is 3. The van der Waals surface area contributed by atoms with Gasteiger partial charge in [0.05, 0.1) is 12.7 Å². The van der Waals surface area contributed by atoms with Crippen LogP contribution in [0, 0.1) is 0 Å². The number of methoxy groups -OCH3 is 1. The van der Waals surface area contributed by atoms with E-state index in [4.69, 9.17) is 14.2 Å². The lowest BCUT2D eigenvalue weighted by atomic mass is 10.1. The normalized spacial score (nSPS) is 11.1. The molecular weight excluding hydrogens is 502 g/mol. The molecular formula is C30H29NO8. The van der Waals surface area contributed by atoms with E-state index in [1.165, 1.54) is 38.3 Å². The van der Waals surface area contributed by atoms with Gasteiger partial charge in [-0.2, -0.15) is 0 Å². The van der Waals surface area contributed by atoms with Crippen molar-refractivity contribution >= 4 is 35.1 Å². The first-order valence-corrected chi connectivity index (χ1v) is 12.3. The number of carbonyl (C=O) groups is 5. The Hall–Kier alpha value is -4.79. The zero-order valence-corrected chi connectivity index (χ0v) is 21.7. The summed E-state index contributed by atoms with van der Waals surface area (Å²) in [6, 6.07) is 21.0. The minimum Gasteiger partial charge on any atom is -0.497 e. The number of amides is 1. The van der Waals surface area contributed by atoms with Gasteiger partial charge < -0.3 is 19.5 Å². The van der Waals surface area contributed by atoms with E-state index in [-0.39, 0.29) is 48.9 Å². The fraction of sp³-hybridized carbons (Fsp3) is 0.233. The van der Waals surface area contributed by atoms with Gasteiger partial charge in [0.15, 0.2) is 18.5 Å². The van der Waals surface area contributed by atoms with Crippen molar-refractivity contribution in [1.29, 1.82) is 0 Å². The zero-order chi connectivity index (χ0) is 28.2. The summed E-state index contributed by atoms with van der Waals surface area (Å²) in [5.74, 6) is -1.59. The highest BCUT2D eigenvalue weighted by atomic mass is 16.5. The Labute approximate surface area is 226 Å². The van der Waals surface area contributed by atoms with E-state index in [0.29, 0.717) is 22.6 Å².